The molecule has 1 heterocycles. The van der Waals surface area contributed by atoms with Crippen molar-refractivity contribution >= 4 is 45.4 Å². The van der Waals surface area contributed by atoms with Crippen molar-refractivity contribution in [3.8, 4) is 0 Å². The van der Waals surface area contributed by atoms with Gasteiger partial charge in [-0.05, 0) is 60.4 Å². The van der Waals surface area contributed by atoms with E-state index in [1.165, 1.54) is 29.5 Å². The molecule has 1 unspecified atom stereocenters. The van der Waals surface area contributed by atoms with E-state index < -0.39 is 11.7 Å². The highest BCUT2D eigenvalue weighted by Crippen LogP contribution is 2.44. The number of nitrogens with one attached hydrogen (secondary N) is 2. The Morgan fingerprint density at radius 1 is 1.03 bits per heavy atom. The molecule has 3 aromatic rings. The zero-order valence-corrected chi connectivity index (χ0v) is 20.4. The molecule has 0 fully saturated rings. The van der Waals surface area contributed by atoms with Crippen molar-refractivity contribution in [1.82, 2.24) is 0 Å². The Bertz CT molecular complexity index is 1220. The summed E-state index contributed by atoms with van der Waals surface area (Å²) < 4.78 is 14.2. The molecule has 0 aliphatic heterocycles. The molecule has 4 rings (SSSR count). The van der Waals surface area contributed by atoms with E-state index in [4.69, 9.17) is 11.6 Å². The lowest BCUT2D eigenvalue weighted by Gasteiger charge is -2.33. The molecule has 33 heavy (non-hydrogen) atoms. The molecule has 4 nitrogen and oxygen atoms in total. The molecule has 7 heteroatoms. The normalized spacial score (nSPS) is 15.6. The van der Waals surface area contributed by atoms with Crippen LogP contribution >= 0.6 is 22.9 Å². The summed E-state index contributed by atoms with van der Waals surface area (Å²) in [5, 5.41) is 6.55. The van der Waals surface area contributed by atoms with E-state index in [-0.39, 0.29) is 16.9 Å². The predicted molar refractivity (Wildman–Crippen MR) is 133 cm³/mol. The summed E-state index contributed by atoms with van der Waals surface area (Å²) in [5.41, 5.74) is 1.96. The standard InChI is InChI=1S/C26H26ClFN2O2S/c1-26(2,3)15-12-13-17-21(14-15)33-25(30-23(31)16-8-4-6-10-19(16)28)22(17)24(32)29-20-11-7-5-9-18(20)27/h4-11,15H,12-14H2,1-3H3,(H,29,32)(H,30,31). The highest BCUT2D eigenvalue weighted by molar-refractivity contribution is 7.17. The first kappa shape index (κ1) is 23.5. The first-order valence-corrected chi connectivity index (χ1v) is 12.1. The first-order chi connectivity index (χ1) is 15.6. The molecule has 172 valence electrons. The lowest BCUT2D eigenvalue weighted by Crippen LogP contribution is -2.27. The van der Waals surface area contributed by atoms with Gasteiger partial charge in [-0.1, -0.05) is 56.6 Å². The second kappa shape index (κ2) is 9.27. The highest BCUT2D eigenvalue weighted by Gasteiger charge is 2.34. The van der Waals surface area contributed by atoms with Gasteiger partial charge >= 0.3 is 0 Å². The van der Waals surface area contributed by atoms with Crippen LogP contribution in [0, 0.1) is 17.2 Å². The van der Waals surface area contributed by atoms with E-state index in [9.17, 15) is 14.0 Å². The molecule has 0 saturated heterocycles. The minimum Gasteiger partial charge on any atom is -0.321 e. The number of hydrogen-bond donors (Lipinski definition) is 2. The Hall–Kier alpha value is -2.70. The van der Waals surface area contributed by atoms with Gasteiger partial charge in [-0.15, -0.1) is 11.3 Å². The third-order valence-corrected chi connectivity index (χ3v) is 7.68. The van der Waals surface area contributed by atoms with Gasteiger partial charge in [0.05, 0.1) is 21.8 Å². The number of hydrogen-bond acceptors (Lipinski definition) is 3. The van der Waals surface area contributed by atoms with Gasteiger partial charge in [0, 0.05) is 4.88 Å². The molecular formula is C26H26ClFN2O2S. The average Bonchev–Trinajstić information content (AvgIpc) is 3.12. The lowest BCUT2D eigenvalue weighted by atomic mass is 9.72. The maximum atomic E-state index is 14.2. The average molecular weight is 485 g/mol. The minimum absolute atomic E-state index is 0.0612. The molecule has 1 aliphatic rings. The highest BCUT2D eigenvalue weighted by atomic mass is 35.5. The van der Waals surface area contributed by atoms with Crippen molar-refractivity contribution < 1.29 is 14.0 Å². The van der Waals surface area contributed by atoms with Crippen LogP contribution in [0.25, 0.3) is 0 Å². The van der Waals surface area contributed by atoms with Gasteiger partial charge in [-0.2, -0.15) is 0 Å². The molecule has 2 amide bonds. The van der Waals surface area contributed by atoms with Crippen molar-refractivity contribution in [2.24, 2.45) is 11.3 Å². The summed E-state index contributed by atoms with van der Waals surface area (Å²) in [6.07, 6.45) is 2.54. The third-order valence-electron chi connectivity index (χ3n) is 6.18. The smallest absolute Gasteiger partial charge is 0.259 e. The number of anilines is 2. The Morgan fingerprint density at radius 2 is 1.73 bits per heavy atom. The van der Waals surface area contributed by atoms with Crippen LogP contribution in [0.2, 0.25) is 5.02 Å². The van der Waals surface area contributed by atoms with Crippen LogP contribution in [0.4, 0.5) is 15.1 Å². The number of rotatable bonds is 4. The van der Waals surface area contributed by atoms with Gasteiger partial charge in [0.25, 0.3) is 11.8 Å². The first-order valence-electron chi connectivity index (χ1n) is 10.9. The molecule has 2 N–H and O–H groups in total. The summed E-state index contributed by atoms with van der Waals surface area (Å²) in [6.45, 7) is 6.67. The molecule has 0 radical (unpaired) electrons. The Labute approximate surface area is 202 Å². The van der Waals surface area contributed by atoms with E-state index in [1.807, 2.05) is 0 Å². The van der Waals surface area contributed by atoms with E-state index >= 15 is 0 Å². The molecule has 2 aromatic carbocycles. The van der Waals surface area contributed by atoms with E-state index in [1.54, 1.807) is 30.3 Å². The van der Waals surface area contributed by atoms with Crippen molar-refractivity contribution in [2.45, 2.75) is 40.0 Å². The van der Waals surface area contributed by atoms with Crippen molar-refractivity contribution in [3.05, 3.63) is 80.9 Å². The van der Waals surface area contributed by atoms with Crippen LogP contribution < -0.4 is 10.6 Å². The van der Waals surface area contributed by atoms with E-state index in [0.29, 0.717) is 27.2 Å². The molecule has 0 bridgehead atoms. The van der Waals surface area contributed by atoms with Crippen LogP contribution in [0.15, 0.2) is 48.5 Å². The van der Waals surface area contributed by atoms with Gasteiger partial charge in [0.2, 0.25) is 0 Å². The number of halogens is 2. The number of amides is 2. The molecule has 1 aliphatic carbocycles. The number of carbonyl (C=O) groups is 2. The zero-order valence-electron chi connectivity index (χ0n) is 18.8. The van der Waals surface area contributed by atoms with Crippen molar-refractivity contribution in [3.63, 3.8) is 0 Å². The summed E-state index contributed by atoms with van der Waals surface area (Å²) >= 11 is 7.65. The topological polar surface area (TPSA) is 58.2 Å². The molecule has 0 saturated carbocycles. The molecule has 0 spiro atoms. The second-order valence-corrected chi connectivity index (χ2v) is 10.9. The van der Waals surface area contributed by atoms with E-state index in [0.717, 1.165) is 29.7 Å². The summed E-state index contributed by atoms with van der Waals surface area (Å²) in [5.74, 6) is -1.05. The second-order valence-electron chi connectivity index (χ2n) is 9.38. The summed E-state index contributed by atoms with van der Waals surface area (Å²) in [6, 6.07) is 12.8. The van der Waals surface area contributed by atoms with Gasteiger partial charge in [-0.25, -0.2) is 4.39 Å². The summed E-state index contributed by atoms with van der Waals surface area (Å²) in [7, 11) is 0. The maximum absolute atomic E-state index is 14.2. The number of benzene rings is 2. The zero-order chi connectivity index (χ0) is 23.8. The summed E-state index contributed by atoms with van der Waals surface area (Å²) in [4.78, 5) is 27.3. The monoisotopic (exact) mass is 484 g/mol. The van der Waals surface area contributed by atoms with Crippen LogP contribution in [0.5, 0.6) is 0 Å². The van der Waals surface area contributed by atoms with Crippen LogP contribution in [0.3, 0.4) is 0 Å². The number of thiophene rings is 1. The van der Waals surface area contributed by atoms with Gasteiger partial charge in [0.15, 0.2) is 0 Å². The fraction of sp³-hybridized carbons (Fsp3) is 0.308. The Kier molecular flexibility index (Phi) is 6.59. The third kappa shape index (κ3) is 4.97. The van der Waals surface area contributed by atoms with Crippen LogP contribution in [0.1, 0.15) is 58.3 Å². The molecular weight excluding hydrogens is 459 g/mol. The fourth-order valence-corrected chi connectivity index (χ4v) is 5.72. The maximum Gasteiger partial charge on any atom is 0.259 e. The largest absolute Gasteiger partial charge is 0.321 e. The minimum atomic E-state index is -0.605. The van der Waals surface area contributed by atoms with Crippen LogP contribution in [-0.4, -0.2) is 11.8 Å². The van der Waals surface area contributed by atoms with Crippen molar-refractivity contribution in [1.29, 1.82) is 0 Å². The quantitative estimate of drug-likeness (QED) is 0.411. The van der Waals surface area contributed by atoms with Gasteiger partial charge in [0.1, 0.15) is 10.8 Å². The lowest BCUT2D eigenvalue weighted by molar-refractivity contribution is 0.102. The number of carbonyl (C=O) groups excluding carboxylic acids is 2. The number of para-hydroxylation sites is 1. The van der Waals surface area contributed by atoms with Gasteiger partial charge < -0.3 is 10.6 Å². The van der Waals surface area contributed by atoms with Crippen molar-refractivity contribution in [2.75, 3.05) is 10.6 Å². The SMILES string of the molecule is CC(C)(C)C1CCc2c(sc(NC(=O)c3ccccc3F)c2C(=O)Nc2ccccc2Cl)C1. The Morgan fingerprint density at radius 3 is 2.42 bits per heavy atom. The van der Waals surface area contributed by atoms with E-state index in [2.05, 4.69) is 31.4 Å². The van der Waals surface area contributed by atoms with Crippen LogP contribution in [-0.2, 0) is 12.8 Å². The predicted octanol–water partition coefficient (Wildman–Crippen LogP) is 7.20. The molecule has 1 aromatic heterocycles. The van der Waals surface area contributed by atoms with Gasteiger partial charge in [-0.3, -0.25) is 9.59 Å². The number of fused-ring (bicyclic) bond motifs is 1. The molecule has 1 atom stereocenters. The Balaban J connectivity index is 1.71. The fourth-order valence-electron chi connectivity index (χ4n) is 4.22.